The molecule has 1 saturated heterocycles. The van der Waals surface area contributed by atoms with Crippen LogP contribution < -0.4 is 15.4 Å². The quantitative estimate of drug-likeness (QED) is 0.762. The SMILES string of the molecule is Cc1sc2c3c(ccc2c1C)[C@@]1(C)[C@@H](CO3)[C@H]2NC(=O)NC(=O)[C@]21C. The number of urea groups is 1. The third-order valence-corrected chi connectivity index (χ3v) is 8.32. The second kappa shape index (κ2) is 4.36. The Labute approximate surface area is 149 Å². The van der Waals surface area contributed by atoms with Crippen molar-refractivity contribution in [2.75, 3.05) is 6.61 Å². The van der Waals surface area contributed by atoms with Gasteiger partial charge >= 0.3 is 6.03 Å². The third kappa shape index (κ3) is 1.47. The van der Waals surface area contributed by atoms with E-state index in [1.54, 1.807) is 11.3 Å². The van der Waals surface area contributed by atoms with Gasteiger partial charge in [0, 0.05) is 21.8 Å². The molecule has 3 amide bonds. The summed E-state index contributed by atoms with van der Waals surface area (Å²) < 4.78 is 7.36. The van der Waals surface area contributed by atoms with E-state index >= 15 is 0 Å². The fraction of sp³-hybridized carbons (Fsp3) is 0.474. The smallest absolute Gasteiger partial charge is 0.321 e. The minimum Gasteiger partial charge on any atom is -0.491 e. The van der Waals surface area contributed by atoms with E-state index in [2.05, 4.69) is 43.5 Å². The first-order valence-corrected chi connectivity index (χ1v) is 9.39. The van der Waals surface area contributed by atoms with Crippen molar-refractivity contribution in [1.82, 2.24) is 10.6 Å². The molecule has 3 heterocycles. The number of rotatable bonds is 0. The van der Waals surface area contributed by atoms with Crippen LogP contribution in [0.4, 0.5) is 4.79 Å². The molecule has 0 unspecified atom stereocenters. The van der Waals surface area contributed by atoms with Crippen LogP contribution in [0.25, 0.3) is 10.1 Å². The molecule has 3 aliphatic rings. The molecule has 2 aromatic rings. The van der Waals surface area contributed by atoms with Gasteiger partial charge in [0.2, 0.25) is 5.91 Å². The van der Waals surface area contributed by atoms with Crippen molar-refractivity contribution in [2.24, 2.45) is 11.3 Å². The van der Waals surface area contributed by atoms with Gasteiger partial charge in [0.25, 0.3) is 0 Å². The summed E-state index contributed by atoms with van der Waals surface area (Å²) in [7, 11) is 0. The molecule has 2 aliphatic heterocycles. The highest BCUT2D eigenvalue weighted by molar-refractivity contribution is 7.19. The average molecular weight is 356 g/mol. The minimum absolute atomic E-state index is 0.0969. The number of hydrogen-bond acceptors (Lipinski definition) is 4. The number of amides is 3. The Balaban J connectivity index is 1.75. The van der Waals surface area contributed by atoms with Gasteiger partial charge < -0.3 is 10.1 Å². The van der Waals surface area contributed by atoms with Crippen molar-refractivity contribution in [3.05, 3.63) is 28.1 Å². The number of carbonyl (C=O) groups is 2. The van der Waals surface area contributed by atoms with E-state index in [0.717, 1.165) is 11.3 Å². The number of fused-ring (bicyclic) bond motifs is 8. The summed E-state index contributed by atoms with van der Waals surface area (Å²) in [6, 6.07) is 3.68. The molecule has 4 atom stereocenters. The Kier molecular flexibility index (Phi) is 2.65. The van der Waals surface area contributed by atoms with Crippen molar-refractivity contribution in [1.29, 1.82) is 0 Å². The first-order chi connectivity index (χ1) is 11.8. The zero-order valence-corrected chi connectivity index (χ0v) is 15.5. The predicted molar refractivity (Wildman–Crippen MR) is 96.2 cm³/mol. The predicted octanol–water partition coefficient (Wildman–Crippen LogP) is 3.01. The summed E-state index contributed by atoms with van der Waals surface area (Å²) in [6.45, 7) is 8.90. The number of thiophene rings is 1. The number of nitrogens with one attached hydrogen (secondary N) is 2. The van der Waals surface area contributed by atoms with Gasteiger partial charge in [-0.2, -0.15) is 0 Å². The molecular weight excluding hydrogens is 336 g/mol. The van der Waals surface area contributed by atoms with Crippen LogP contribution in [-0.2, 0) is 10.2 Å². The van der Waals surface area contributed by atoms with Crippen molar-refractivity contribution in [3.8, 4) is 5.75 Å². The van der Waals surface area contributed by atoms with Gasteiger partial charge in [0.1, 0.15) is 5.75 Å². The molecule has 2 fully saturated rings. The van der Waals surface area contributed by atoms with Crippen LogP contribution in [0.1, 0.15) is 29.9 Å². The van der Waals surface area contributed by atoms with Crippen LogP contribution in [0.15, 0.2) is 12.1 Å². The van der Waals surface area contributed by atoms with Gasteiger partial charge in [-0.1, -0.05) is 19.1 Å². The summed E-state index contributed by atoms with van der Waals surface area (Å²) in [6.07, 6.45) is 0. The van der Waals surface area contributed by atoms with Crippen LogP contribution >= 0.6 is 11.3 Å². The van der Waals surface area contributed by atoms with E-state index in [9.17, 15) is 9.59 Å². The lowest BCUT2D eigenvalue weighted by Crippen LogP contribution is -2.83. The highest BCUT2D eigenvalue weighted by Gasteiger charge is 2.75. The van der Waals surface area contributed by atoms with Gasteiger partial charge in [-0.15, -0.1) is 11.3 Å². The molecule has 0 bridgehead atoms. The lowest BCUT2D eigenvalue weighted by atomic mass is 9.38. The molecule has 130 valence electrons. The number of carbonyl (C=O) groups excluding carboxylic acids is 2. The Bertz CT molecular complexity index is 981. The monoisotopic (exact) mass is 356 g/mol. The zero-order valence-electron chi connectivity index (χ0n) is 14.6. The second-order valence-electron chi connectivity index (χ2n) is 7.83. The number of ether oxygens (including phenoxy) is 1. The third-order valence-electron chi connectivity index (χ3n) is 7.10. The summed E-state index contributed by atoms with van der Waals surface area (Å²) in [5, 5.41) is 6.64. The Morgan fingerprint density at radius 1 is 1.20 bits per heavy atom. The lowest BCUT2D eigenvalue weighted by molar-refractivity contribution is -0.168. The van der Waals surface area contributed by atoms with E-state index in [0.29, 0.717) is 6.61 Å². The summed E-state index contributed by atoms with van der Waals surface area (Å²) in [4.78, 5) is 25.8. The number of benzene rings is 1. The van der Waals surface area contributed by atoms with Crippen molar-refractivity contribution >= 4 is 33.4 Å². The van der Waals surface area contributed by atoms with Gasteiger partial charge in [0.05, 0.1) is 22.8 Å². The zero-order chi connectivity index (χ0) is 17.7. The molecule has 1 saturated carbocycles. The fourth-order valence-corrected chi connectivity index (χ4v) is 6.39. The molecular formula is C19H20N2O3S. The number of imide groups is 1. The highest BCUT2D eigenvalue weighted by atomic mass is 32.1. The van der Waals surface area contributed by atoms with Gasteiger partial charge in [-0.05, 0) is 31.7 Å². The maximum absolute atomic E-state index is 12.8. The largest absolute Gasteiger partial charge is 0.491 e. The van der Waals surface area contributed by atoms with Crippen molar-refractivity contribution in [2.45, 2.75) is 39.2 Å². The maximum atomic E-state index is 12.8. The molecule has 1 aromatic heterocycles. The maximum Gasteiger partial charge on any atom is 0.321 e. The van der Waals surface area contributed by atoms with E-state index in [-0.39, 0.29) is 23.3 Å². The van der Waals surface area contributed by atoms with Crippen LogP contribution in [0.2, 0.25) is 0 Å². The van der Waals surface area contributed by atoms with E-state index in [1.165, 1.54) is 20.5 Å². The first-order valence-electron chi connectivity index (χ1n) is 8.58. The molecule has 0 spiro atoms. The fourth-order valence-electron chi connectivity index (χ4n) is 5.23. The highest BCUT2D eigenvalue weighted by Crippen LogP contribution is 2.66. The Morgan fingerprint density at radius 2 is 1.96 bits per heavy atom. The summed E-state index contributed by atoms with van der Waals surface area (Å²) in [5.41, 5.74) is 1.35. The first kappa shape index (κ1) is 15.2. The molecule has 25 heavy (non-hydrogen) atoms. The molecule has 5 rings (SSSR count). The van der Waals surface area contributed by atoms with Gasteiger partial charge in [-0.25, -0.2) is 4.79 Å². The van der Waals surface area contributed by atoms with E-state index in [4.69, 9.17) is 4.74 Å². The van der Waals surface area contributed by atoms with E-state index < -0.39 is 11.4 Å². The van der Waals surface area contributed by atoms with Crippen LogP contribution in [0.3, 0.4) is 0 Å². The van der Waals surface area contributed by atoms with Crippen LogP contribution in [0, 0.1) is 25.2 Å². The van der Waals surface area contributed by atoms with Gasteiger partial charge in [-0.3, -0.25) is 10.1 Å². The standard InChI is InChI=1S/C19H20N2O3S/c1-8-9(2)25-14-10(8)5-6-11-13(14)24-7-12-15-19(4,18(11,12)3)16(22)21-17(23)20-15/h5-6,12,15H,7H2,1-4H3,(H2,20,21,22,23)/t12-,15+,18-,19-/m0/s1. The molecule has 2 N–H and O–H groups in total. The Hall–Kier alpha value is -2.08. The Morgan fingerprint density at radius 3 is 2.72 bits per heavy atom. The molecule has 5 nitrogen and oxygen atoms in total. The summed E-state index contributed by atoms with van der Waals surface area (Å²) >= 11 is 1.75. The minimum atomic E-state index is -0.668. The molecule has 1 aliphatic carbocycles. The number of hydrogen-bond donors (Lipinski definition) is 2. The molecule has 0 radical (unpaired) electrons. The van der Waals surface area contributed by atoms with E-state index in [1.807, 2.05) is 6.92 Å². The second-order valence-corrected chi connectivity index (χ2v) is 9.05. The molecule has 6 heteroatoms. The normalized spacial score (nSPS) is 35.7. The lowest BCUT2D eigenvalue weighted by Gasteiger charge is -2.68. The van der Waals surface area contributed by atoms with Crippen LogP contribution in [-0.4, -0.2) is 24.6 Å². The van der Waals surface area contributed by atoms with Crippen LogP contribution in [0.5, 0.6) is 5.75 Å². The molecule has 1 aromatic carbocycles. The van der Waals surface area contributed by atoms with Gasteiger partial charge in [0.15, 0.2) is 0 Å². The number of aryl methyl sites for hydroxylation is 2. The van der Waals surface area contributed by atoms with Crippen molar-refractivity contribution in [3.63, 3.8) is 0 Å². The summed E-state index contributed by atoms with van der Waals surface area (Å²) in [5.74, 6) is 0.827. The average Bonchev–Trinajstić information content (AvgIpc) is 2.86. The topological polar surface area (TPSA) is 67.4 Å². The van der Waals surface area contributed by atoms with Crippen molar-refractivity contribution < 1.29 is 14.3 Å².